The third-order valence-electron chi connectivity index (χ3n) is 6.67. The van der Waals surface area contributed by atoms with Crippen molar-refractivity contribution in [3.05, 3.63) is 108 Å². The number of hydrogen-bond acceptors (Lipinski definition) is 6. The van der Waals surface area contributed by atoms with Gasteiger partial charge in [0.25, 0.3) is 0 Å². The summed E-state index contributed by atoms with van der Waals surface area (Å²) >= 11 is 0. The second-order valence-electron chi connectivity index (χ2n) is 9.40. The fourth-order valence-electron chi connectivity index (χ4n) is 4.75. The van der Waals surface area contributed by atoms with Crippen molar-refractivity contribution in [3.63, 3.8) is 0 Å². The van der Waals surface area contributed by atoms with Crippen LogP contribution in [0.1, 0.15) is 35.0 Å². The molecule has 0 radical (unpaired) electrons. The molecule has 0 bridgehead atoms. The Bertz CT molecular complexity index is 1420. The average molecular weight is 507 g/mol. The van der Waals surface area contributed by atoms with Gasteiger partial charge in [0.1, 0.15) is 5.82 Å². The largest absolute Gasteiger partial charge is 0.477 e. The van der Waals surface area contributed by atoms with Gasteiger partial charge in [0.2, 0.25) is 0 Å². The van der Waals surface area contributed by atoms with Crippen molar-refractivity contribution in [1.29, 1.82) is 5.41 Å². The molecule has 1 saturated heterocycles. The number of carboxylic acid groups (broad SMARTS) is 1. The van der Waals surface area contributed by atoms with Crippen LogP contribution in [0.25, 0.3) is 11.1 Å². The Morgan fingerprint density at radius 3 is 2.39 bits per heavy atom. The van der Waals surface area contributed by atoms with Crippen LogP contribution in [-0.4, -0.2) is 41.0 Å². The quantitative estimate of drug-likeness (QED) is 0.228. The van der Waals surface area contributed by atoms with Gasteiger partial charge in [0, 0.05) is 35.7 Å². The van der Waals surface area contributed by atoms with E-state index in [9.17, 15) is 9.90 Å². The maximum atomic E-state index is 11.9. The highest BCUT2D eigenvalue weighted by molar-refractivity contribution is 6.08. The molecule has 1 aliphatic rings. The van der Waals surface area contributed by atoms with Gasteiger partial charge < -0.3 is 25.5 Å². The number of para-hydroxylation sites is 1. The second kappa shape index (κ2) is 11.3. The topological polar surface area (TPSA) is 98.5 Å². The van der Waals surface area contributed by atoms with Crippen LogP contribution in [0.15, 0.2) is 91.0 Å². The maximum Gasteiger partial charge on any atom is 0.354 e. The lowest BCUT2D eigenvalue weighted by Crippen LogP contribution is -2.22. The normalized spacial score (nSPS) is 14.9. The zero-order chi connectivity index (χ0) is 26.5. The first-order valence-electron chi connectivity index (χ1n) is 12.6. The molecule has 1 fully saturated rings. The van der Waals surface area contributed by atoms with Crippen molar-refractivity contribution < 1.29 is 14.6 Å². The van der Waals surface area contributed by atoms with Gasteiger partial charge in [-0.25, -0.2) is 9.78 Å². The van der Waals surface area contributed by atoms with E-state index >= 15 is 0 Å². The minimum Gasteiger partial charge on any atom is -0.477 e. The molecule has 192 valence electrons. The molecule has 0 spiro atoms. The van der Waals surface area contributed by atoms with Gasteiger partial charge in [0.05, 0.1) is 12.7 Å². The lowest BCUT2D eigenvalue weighted by Gasteiger charge is -2.20. The summed E-state index contributed by atoms with van der Waals surface area (Å²) in [5.74, 6) is -0.771. The smallest absolute Gasteiger partial charge is 0.354 e. The molecule has 0 amide bonds. The van der Waals surface area contributed by atoms with Crippen LogP contribution in [0, 0.1) is 5.41 Å². The number of hydrogen-bond donors (Lipinski definition) is 3. The first-order chi connectivity index (χ1) is 18.5. The molecule has 1 atom stereocenters. The van der Waals surface area contributed by atoms with E-state index in [2.05, 4.69) is 27.3 Å². The minimum absolute atomic E-state index is 0.0783. The summed E-state index contributed by atoms with van der Waals surface area (Å²) in [5, 5.41) is 21.4. The molecule has 1 unspecified atom stereocenters. The molecule has 0 saturated carbocycles. The molecule has 5 rings (SSSR count). The number of anilines is 3. The van der Waals surface area contributed by atoms with Crippen LogP contribution >= 0.6 is 0 Å². The predicted octanol–water partition coefficient (Wildman–Crippen LogP) is 6.37. The van der Waals surface area contributed by atoms with Crippen molar-refractivity contribution >= 4 is 28.9 Å². The molecule has 1 aliphatic heterocycles. The van der Waals surface area contributed by atoms with Crippen molar-refractivity contribution in [2.24, 2.45) is 0 Å². The minimum atomic E-state index is -1.12. The highest BCUT2D eigenvalue weighted by atomic mass is 16.5. The Balaban J connectivity index is 1.38. The van der Waals surface area contributed by atoms with Crippen LogP contribution in [0.4, 0.5) is 17.2 Å². The molecule has 1 aromatic heterocycles. The van der Waals surface area contributed by atoms with Gasteiger partial charge in [-0.05, 0) is 60.4 Å². The molecule has 2 heterocycles. The monoisotopic (exact) mass is 506 g/mol. The van der Waals surface area contributed by atoms with E-state index in [4.69, 9.17) is 10.1 Å². The SMILES string of the molecule is CC(=N)c1c(-c2ccc(N3CCC(OCc4ccccc4)C3)cc2)cc(C(=O)O)nc1Nc1ccccc1. The number of benzene rings is 3. The maximum absolute atomic E-state index is 11.9. The molecule has 3 N–H and O–H groups in total. The number of aromatic carboxylic acids is 1. The Morgan fingerprint density at radius 2 is 1.74 bits per heavy atom. The molecule has 0 aliphatic carbocycles. The molecule has 38 heavy (non-hydrogen) atoms. The third kappa shape index (κ3) is 5.74. The van der Waals surface area contributed by atoms with E-state index in [0.717, 1.165) is 36.4 Å². The van der Waals surface area contributed by atoms with Crippen molar-refractivity contribution in [1.82, 2.24) is 4.98 Å². The number of rotatable bonds is 9. The lowest BCUT2D eigenvalue weighted by molar-refractivity contribution is 0.0553. The van der Waals surface area contributed by atoms with Crippen molar-refractivity contribution in [2.45, 2.75) is 26.1 Å². The van der Waals surface area contributed by atoms with E-state index < -0.39 is 5.97 Å². The Morgan fingerprint density at radius 1 is 1.05 bits per heavy atom. The predicted molar refractivity (Wildman–Crippen MR) is 151 cm³/mol. The average Bonchev–Trinajstić information content (AvgIpc) is 3.42. The molecular formula is C31H30N4O3. The number of aromatic nitrogens is 1. The molecule has 7 nitrogen and oxygen atoms in total. The summed E-state index contributed by atoms with van der Waals surface area (Å²) < 4.78 is 6.14. The van der Waals surface area contributed by atoms with Crippen LogP contribution < -0.4 is 10.2 Å². The van der Waals surface area contributed by atoms with E-state index in [1.165, 1.54) is 5.56 Å². The van der Waals surface area contributed by atoms with Gasteiger partial charge in [-0.15, -0.1) is 0 Å². The number of carbonyl (C=O) groups is 1. The van der Waals surface area contributed by atoms with E-state index in [1.807, 2.05) is 72.8 Å². The van der Waals surface area contributed by atoms with Crippen LogP contribution in [0.2, 0.25) is 0 Å². The molecule has 7 heteroatoms. The summed E-state index contributed by atoms with van der Waals surface area (Å²) in [7, 11) is 0. The third-order valence-corrected chi connectivity index (χ3v) is 6.67. The van der Waals surface area contributed by atoms with E-state index in [0.29, 0.717) is 29.3 Å². The lowest BCUT2D eigenvalue weighted by atomic mass is 9.96. The first kappa shape index (κ1) is 25.2. The summed E-state index contributed by atoms with van der Waals surface area (Å²) in [6, 6.07) is 29.2. The van der Waals surface area contributed by atoms with Gasteiger partial charge in [-0.2, -0.15) is 0 Å². The number of pyridine rings is 1. The van der Waals surface area contributed by atoms with Crippen molar-refractivity contribution in [2.75, 3.05) is 23.3 Å². The van der Waals surface area contributed by atoms with E-state index in [1.54, 1.807) is 13.0 Å². The zero-order valence-electron chi connectivity index (χ0n) is 21.2. The van der Waals surface area contributed by atoms with Gasteiger partial charge in [-0.3, -0.25) is 0 Å². The standard InChI is InChI=1S/C31H30N4O3/c1-21(32)29-27(18-28(31(36)37)34-30(29)33-24-10-6-3-7-11-24)23-12-14-25(15-13-23)35-17-16-26(19-35)38-20-22-8-4-2-5-9-22/h2-15,18,26,32H,16-17,19-20H2,1H3,(H,33,34)(H,36,37). The summed E-state index contributed by atoms with van der Waals surface area (Å²) in [5.41, 5.74) is 5.30. The second-order valence-corrected chi connectivity index (χ2v) is 9.40. The summed E-state index contributed by atoms with van der Waals surface area (Å²) in [6.07, 6.45) is 1.14. The Kier molecular flexibility index (Phi) is 7.47. The Labute approximate surface area is 222 Å². The number of ether oxygens (including phenoxy) is 1. The van der Waals surface area contributed by atoms with Gasteiger partial charge in [-0.1, -0.05) is 60.7 Å². The molecule has 3 aromatic carbocycles. The zero-order valence-corrected chi connectivity index (χ0v) is 21.2. The van der Waals surface area contributed by atoms with Crippen LogP contribution in [-0.2, 0) is 11.3 Å². The molecular weight excluding hydrogens is 476 g/mol. The van der Waals surface area contributed by atoms with Crippen molar-refractivity contribution in [3.8, 4) is 11.1 Å². The first-order valence-corrected chi connectivity index (χ1v) is 12.6. The summed E-state index contributed by atoms with van der Waals surface area (Å²) in [6.45, 7) is 4.02. The van der Waals surface area contributed by atoms with Gasteiger partial charge in [0.15, 0.2) is 5.69 Å². The van der Waals surface area contributed by atoms with Gasteiger partial charge >= 0.3 is 5.97 Å². The van der Waals surface area contributed by atoms with Crippen LogP contribution in [0.3, 0.4) is 0 Å². The molecule has 4 aromatic rings. The number of nitrogens with one attached hydrogen (secondary N) is 2. The highest BCUT2D eigenvalue weighted by Crippen LogP contribution is 2.33. The van der Waals surface area contributed by atoms with Crippen LogP contribution in [0.5, 0.6) is 0 Å². The van der Waals surface area contributed by atoms with E-state index in [-0.39, 0.29) is 11.8 Å². The summed E-state index contributed by atoms with van der Waals surface area (Å²) in [4.78, 5) is 18.5. The number of carboxylic acids is 1. The highest BCUT2D eigenvalue weighted by Gasteiger charge is 2.24. The number of nitrogens with zero attached hydrogens (tertiary/aromatic N) is 2. The fourth-order valence-corrected chi connectivity index (χ4v) is 4.75. The fraction of sp³-hybridized carbons (Fsp3) is 0.194. The Hall–Kier alpha value is -4.49.